The molecule has 0 amide bonds. The van der Waals surface area contributed by atoms with Gasteiger partial charge in [0, 0.05) is 19.6 Å². The van der Waals surface area contributed by atoms with Gasteiger partial charge >= 0.3 is 0 Å². The molecule has 12 heavy (non-hydrogen) atoms. The quantitative estimate of drug-likeness (QED) is 0.464. The molecule has 1 unspecified atom stereocenters. The van der Waals surface area contributed by atoms with Crippen molar-refractivity contribution in [3.63, 3.8) is 0 Å². The van der Waals surface area contributed by atoms with E-state index in [1.165, 1.54) is 6.92 Å². The van der Waals surface area contributed by atoms with Gasteiger partial charge < -0.3 is 11.1 Å². The molecule has 0 aromatic carbocycles. The summed E-state index contributed by atoms with van der Waals surface area (Å²) in [6.07, 6.45) is 0. The summed E-state index contributed by atoms with van der Waals surface area (Å²) >= 11 is 5.44. The fraction of sp³-hybridized carbons (Fsp3) is 1.00. The average Bonchev–Trinajstić information content (AvgIpc) is 1.98. The molecule has 74 valence electrons. The zero-order chi connectivity index (χ0) is 9.61. The Morgan fingerprint density at radius 2 is 2.08 bits per heavy atom. The first-order valence-corrected chi connectivity index (χ1v) is 5.92. The summed E-state index contributed by atoms with van der Waals surface area (Å²) < 4.78 is 21.4. The van der Waals surface area contributed by atoms with E-state index in [4.69, 9.17) is 17.3 Å². The second-order valence-electron chi connectivity index (χ2n) is 2.45. The summed E-state index contributed by atoms with van der Waals surface area (Å²) in [5, 5.41) is 2.88. The minimum absolute atomic E-state index is 0.0671. The van der Waals surface area contributed by atoms with Crippen molar-refractivity contribution >= 4 is 21.4 Å². The van der Waals surface area contributed by atoms with Crippen LogP contribution in [-0.4, -0.2) is 38.5 Å². The molecule has 1 atom stereocenters. The first kappa shape index (κ1) is 12.2. The van der Waals surface area contributed by atoms with Gasteiger partial charge in [0.25, 0.3) is 0 Å². The van der Waals surface area contributed by atoms with E-state index in [1.54, 1.807) is 0 Å². The van der Waals surface area contributed by atoms with Gasteiger partial charge in [-0.05, 0) is 6.92 Å². The van der Waals surface area contributed by atoms with E-state index in [-0.39, 0.29) is 5.75 Å². The third kappa shape index (κ3) is 4.92. The summed E-state index contributed by atoms with van der Waals surface area (Å²) in [6, 6.07) is 0. The molecular formula is C6H15ClN2O2S. The molecule has 4 nitrogen and oxygen atoms in total. The monoisotopic (exact) mass is 214 g/mol. The number of hydrogen-bond donors (Lipinski definition) is 2. The molecular weight excluding hydrogens is 200 g/mol. The Labute approximate surface area is 78.4 Å². The molecule has 0 aliphatic carbocycles. The Bertz CT molecular complexity index is 204. The fourth-order valence-electron chi connectivity index (χ4n) is 0.604. The summed E-state index contributed by atoms with van der Waals surface area (Å²) in [4.78, 5) is 0. The predicted octanol–water partition coefficient (Wildman–Crippen LogP) is -0.466. The van der Waals surface area contributed by atoms with E-state index >= 15 is 0 Å². The molecule has 0 saturated heterocycles. The normalized spacial score (nSPS) is 14.6. The molecule has 0 saturated carbocycles. The Morgan fingerprint density at radius 1 is 1.50 bits per heavy atom. The predicted molar refractivity (Wildman–Crippen MR) is 51.0 cm³/mol. The molecule has 0 fully saturated rings. The highest BCUT2D eigenvalue weighted by atomic mass is 35.5. The Hall–Kier alpha value is 0.160. The topological polar surface area (TPSA) is 72.2 Å². The van der Waals surface area contributed by atoms with Crippen molar-refractivity contribution in [3.8, 4) is 0 Å². The molecule has 0 aromatic heterocycles. The molecule has 0 rings (SSSR count). The minimum Gasteiger partial charge on any atom is -0.329 e. The van der Waals surface area contributed by atoms with Crippen molar-refractivity contribution < 1.29 is 8.42 Å². The zero-order valence-corrected chi connectivity index (χ0v) is 8.66. The van der Waals surface area contributed by atoms with Gasteiger partial charge in [-0.15, -0.1) is 11.6 Å². The van der Waals surface area contributed by atoms with E-state index in [1.807, 2.05) is 0 Å². The van der Waals surface area contributed by atoms with Crippen LogP contribution in [0.5, 0.6) is 0 Å². The van der Waals surface area contributed by atoms with Gasteiger partial charge in [0.15, 0.2) is 9.84 Å². The van der Waals surface area contributed by atoms with E-state index in [9.17, 15) is 8.42 Å². The maximum Gasteiger partial charge on any atom is 0.168 e. The highest BCUT2D eigenvalue weighted by molar-refractivity contribution is 7.93. The molecule has 0 bridgehead atoms. The van der Waals surface area contributed by atoms with Crippen LogP contribution in [0.3, 0.4) is 0 Å². The van der Waals surface area contributed by atoms with Crippen molar-refractivity contribution in [2.24, 2.45) is 5.73 Å². The van der Waals surface area contributed by atoms with Crippen LogP contribution in [0.4, 0.5) is 0 Å². The molecule has 6 heteroatoms. The van der Waals surface area contributed by atoms with Crippen molar-refractivity contribution in [3.05, 3.63) is 0 Å². The lowest BCUT2D eigenvalue weighted by Gasteiger charge is -2.06. The van der Waals surface area contributed by atoms with Crippen LogP contribution >= 0.6 is 11.6 Å². The van der Waals surface area contributed by atoms with Gasteiger partial charge in [-0.25, -0.2) is 8.42 Å². The molecule has 0 aromatic rings. The van der Waals surface area contributed by atoms with Crippen LogP contribution in [0, 0.1) is 0 Å². The van der Waals surface area contributed by atoms with Crippen molar-refractivity contribution in [1.82, 2.24) is 5.32 Å². The first-order chi connectivity index (χ1) is 5.50. The van der Waals surface area contributed by atoms with Crippen LogP contribution < -0.4 is 11.1 Å². The van der Waals surface area contributed by atoms with Crippen LogP contribution in [-0.2, 0) is 9.84 Å². The number of rotatable bonds is 6. The summed E-state index contributed by atoms with van der Waals surface area (Å²) in [7, 11) is -3.12. The van der Waals surface area contributed by atoms with Crippen LogP contribution in [0.2, 0.25) is 0 Å². The molecule has 0 heterocycles. The summed E-state index contributed by atoms with van der Waals surface area (Å²) in [5.41, 5.74) is 5.20. The zero-order valence-electron chi connectivity index (χ0n) is 7.09. The number of nitrogens with one attached hydrogen (secondary N) is 1. The van der Waals surface area contributed by atoms with E-state index < -0.39 is 14.5 Å². The molecule has 0 spiro atoms. The molecule has 3 N–H and O–H groups in total. The molecule has 0 aliphatic rings. The lowest BCUT2D eigenvalue weighted by Crippen LogP contribution is -2.29. The second-order valence-corrected chi connectivity index (χ2v) is 5.80. The highest BCUT2D eigenvalue weighted by Gasteiger charge is 2.16. The highest BCUT2D eigenvalue weighted by Crippen LogP contribution is 2.04. The van der Waals surface area contributed by atoms with Gasteiger partial charge in [-0.3, -0.25) is 0 Å². The third-order valence-electron chi connectivity index (χ3n) is 1.38. The molecule has 0 aliphatic heterocycles. The van der Waals surface area contributed by atoms with Gasteiger partial charge in [0.05, 0.1) is 5.75 Å². The van der Waals surface area contributed by atoms with Crippen LogP contribution in [0.1, 0.15) is 6.92 Å². The number of halogens is 1. The van der Waals surface area contributed by atoms with E-state index in [2.05, 4.69) is 5.32 Å². The molecule has 0 radical (unpaired) electrons. The van der Waals surface area contributed by atoms with Gasteiger partial charge in [-0.2, -0.15) is 0 Å². The maximum atomic E-state index is 11.1. The van der Waals surface area contributed by atoms with Gasteiger partial charge in [-0.1, -0.05) is 0 Å². The second kappa shape index (κ2) is 5.75. The van der Waals surface area contributed by atoms with Gasteiger partial charge in [0.1, 0.15) is 4.71 Å². The lowest BCUT2D eigenvalue weighted by atomic mass is 10.6. The van der Waals surface area contributed by atoms with Crippen LogP contribution in [0.15, 0.2) is 0 Å². The van der Waals surface area contributed by atoms with Gasteiger partial charge in [0.2, 0.25) is 0 Å². The number of hydrogen-bond acceptors (Lipinski definition) is 4. The lowest BCUT2D eigenvalue weighted by molar-refractivity contribution is 0.589. The maximum absolute atomic E-state index is 11.1. The minimum atomic E-state index is -3.12. The largest absolute Gasteiger partial charge is 0.329 e. The average molecular weight is 215 g/mol. The number of alkyl halides is 1. The van der Waals surface area contributed by atoms with Crippen molar-refractivity contribution in [2.45, 2.75) is 11.6 Å². The summed E-state index contributed by atoms with van der Waals surface area (Å²) in [5.74, 6) is 0.0671. The third-order valence-corrected chi connectivity index (χ3v) is 3.96. The first-order valence-electron chi connectivity index (χ1n) is 3.77. The Kier molecular flexibility index (Phi) is 5.82. The van der Waals surface area contributed by atoms with E-state index in [0.717, 1.165) is 0 Å². The van der Waals surface area contributed by atoms with Crippen molar-refractivity contribution in [2.75, 3.05) is 25.4 Å². The SMILES string of the molecule is CC(Cl)S(=O)(=O)CCNCCN. The Balaban J connectivity index is 3.63. The number of sulfone groups is 1. The smallest absolute Gasteiger partial charge is 0.168 e. The standard InChI is InChI=1S/C6H15ClN2O2S/c1-6(7)12(10,11)5-4-9-3-2-8/h6,9H,2-5,8H2,1H3. The fourth-order valence-corrected chi connectivity index (χ4v) is 1.62. The van der Waals surface area contributed by atoms with Crippen LogP contribution in [0.25, 0.3) is 0 Å². The Morgan fingerprint density at radius 3 is 2.50 bits per heavy atom. The van der Waals surface area contributed by atoms with Crippen molar-refractivity contribution in [1.29, 1.82) is 0 Å². The van der Waals surface area contributed by atoms with E-state index in [0.29, 0.717) is 19.6 Å². The number of nitrogens with two attached hydrogens (primary N) is 1. The summed E-state index contributed by atoms with van der Waals surface area (Å²) in [6.45, 7) is 3.01.